The molecule has 0 unspecified atom stereocenters. The molecular formula is C12H21Cl2NO10. The number of esters is 2. The van der Waals surface area contributed by atoms with Gasteiger partial charge in [-0.3, -0.25) is 9.59 Å². The third kappa shape index (κ3) is 44.9. The fourth-order valence-corrected chi connectivity index (χ4v) is 0.364. The van der Waals surface area contributed by atoms with Crippen LogP contribution in [0.4, 0.5) is 14.4 Å². The van der Waals surface area contributed by atoms with Crippen molar-refractivity contribution in [3.05, 3.63) is 0 Å². The zero-order valence-electron chi connectivity index (χ0n) is 14.5. The van der Waals surface area contributed by atoms with E-state index in [9.17, 15) is 24.0 Å². The second-order valence-electron chi connectivity index (χ2n) is 2.95. The van der Waals surface area contributed by atoms with Crippen molar-refractivity contribution in [3.63, 3.8) is 0 Å². The predicted molar refractivity (Wildman–Crippen MR) is 86.6 cm³/mol. The van der Waals surface area contributed by atoms with Crippen LogP contribution < -0.4 is 5.32 Å². The summed E-state index contributed by atoms with van der Waals surface area (Å²) in [4.78, 5) is 49.1. The molecule has 0 aliphatic rings. The lowest BCUT2D eigenvalue weighted by Gasteiger charge is -1.95. The molecule has 0 saturated heterocycles. The lowest BCUT2D eigenvalue weighted by atomic mass is 10.4. The largest absolute Gasteiger partial charge is 0.469 e. The van der Waals surface area contributed by atoms with Crippen molar-refractivity contribution in [1.29, 1.82) is 0 Å². The molecular weight excluding hydrogens is 389 g/mol. The number of carbonyl (C=O) groups is 5. The van der Waals surface area contributed by atoms with E-state index >= 15 is 0 Å². The number of ether oxygens (including phenoxy) is 5. The van der Waals surface area contributed by atoms with Crippen LogP contribution >= 0.6 is 23.2 Å². The van der Waals surface area contributed by atoms with Gasteiger partial charge in [0.1, 0.15) is 6.42 Å². The Kier molecular flexibility index (Phi) is 29.4. The first kappa shape index (κ1) is 30.6. The SMILES string of the molecule is CNC(=O)OC.COC(=O)CC(=O)OC.COC(=O)Cl.COC(=O)Cl. The van der Waals surface area contributed by atoms with Gasteiger partial charge in [-0.05, 0) is 0 Å². The van der Waals surface area contributed by atoms with Crippen molar-refractivity contribution in [2.45, 2.75) is 6.42 Å². The monoisotopic (exact) mass is 409 g/mol. The Labute approximate surface area is 154 Å². The van der Waals surface area contributed by atoms with Gasteiger partial charge in [-0.2, -0.15) is 0 Å². The van der Waals surface area contributed by atoms with E-state index in [1.165, 1.54) is 42.6 Å². The molecule has 25 heavy (non-hydrogen) atoms. The van der Waals surface area contributed by atoms with Gasteiger partial charge in [0.2, 0.25) is 0 Å². The Morgan fingerprint density at radius 2 is 0.960 bits per heavy atom. The molecule has 11 nitrogen and oxygen atoms in total. The van der Waals surface area contributed by atoms with Crippen LogP contribution in [-0.4, -0.2) is 71.5 Å². The van der Waals surface area contributed by atoms with Crippen molar-refractivity contribution in [2.75, 3.05) is 42.6 Å². The van der Waals surface area contributed by atoms with Gasteiger partial charge in [0.05, 0.1) is 35.5 Å². The second kappa shape index (κ2) is 24.0. The summed E-state index contributed by atoms with van der Waals surface area (Å²) in [6.07, 6.45) is -0.720. The lowest BCUT2D eigenvalue weighted by molar-refractivity contribution is -0.151. The summed E-state index contributed by atoms with van der Waals surface area (Å²) >= 11 is 9.20. The van der Waals surface area contributed by atoms with Crippen molar-refractivity contribution < 1.29 is 47.7 Å². The summed E-state index contributed by atoms with van der Waals surface area (Å²) in [6, 6.07) is 0. The summed E-state index contributed by atoms with van der Waals surface area (Å²) in [6.45, 7) is 0. The van der Waals surface area contributed by atoms with Crippen molar-refractivity contribution in [2.24, 2.45) is 0 Å². The van der Waals surface area contributed by atoms with Gasteiger partial charge in [-0.1, -0.05) is 0 Å². The summed E-state index contributed by atoms with van der Waals surface area (Å²) in [5.74, 6) is -1.16. The molecule has 0 atom stereocenters. The zero-order chi connectivity index (χ0) is 20.8. The van der Waals surface area contributed by atoms with Gasteiger partial charge in [0.25, 0.3) is 0 Å². The van der Waals surface area contributed by atoms with E-state index in [1.807, 2.05) is 0 Å². The predicted octanol–water partition coefficient (Wildman–Crippen LogP) is 1.68. The van der Waals surface area contributed by atoms with Gasteiger partial charge in [-0.15, -0.1) is 0 Å². The highest BCUT2D eigenvalue weighted by Gasteiger charge is 2.07. The molecule has 0 aromatic heterocycles. The van der Waals surface area contributed by atoms with Crippen LogP contribution in [0.1, 0.15) is 6.42 Å². The molecule has 0 radical (unpaired) electrons. The standard InChI is InChI=1S/C5H8O4.C3H7NO2.2C2H3ClO2/c1-8-4(6)3-5(7)9-2;1-4-3(5)6-2;2*1-5-2(3)4/h3H2,1-2H3;1-2H3,(H,4,5);2*1H3. The molecule has 0 saturated carbocycles. The van der Waals surface area contributed by atoms with Crippen molar-refractivity contribution >= 4 is 52.1 Å². The Balaban J connectivity index is -0.000000122. The van der Waals surface area contributed by atoms with E-state index in [0.29, 0.717) is 0 Å². The number of methoxy groups -OCH3 is 5. The van der Waals surface area contributed by atoms with Gasteiger partial charge in [-0.25, -0.2) is 14.4 Å². The molecule has 0 aliphatic carbocycles. The van der Waals surface area contributed by atoms with E-state index in [1.54, 1.807) is 0 Å². The van der Waals surface area contributed by atoms with Crippen LogP contribution in [0.5, 0.6) is 0 Å². The molecule has 0 heterocycles. The fraction of sp³-hybridized carbons (Fsp3) is 0.583. The maximum atomic E-state index is 10.3. The molecule has 0 spiro atoms. The summed E-state index contributed by atoms with van der Waals surface area (Å²) < 4.78 is 20.3. The first-order chi connectivity index (χ1) is 11.6. The van der Waals surface area contributed by atoms with Crippen LogP contribution in [0.25, 0.3) is 0 Å². The molecule has 0 fully saturated rings. The zero-order valence-corrected chi connectivity index (χ0v) is 16.1. The van der Waals surface area contributed by atoms with Crippen molar-refractivity contribution in [3.8, 4) is 0 Å². The van der Waals surface area contributed by atoms with Gasteiger partial charge < -0.3 is 29.0 Å². The van der Waals surface area contributed by atoms with Crippen LogP contribution in [-0.2, 0) is 33.3 Å². The van der Waals surface area contributed by atoms with Gasteiger partial charge >= 0.3 is 28.9 Å². The number of hydrogen-bond acceptors (Lipinski definition) is 10. The lowest BCUT2D eigenvalue weighted by Crippen LogP contribution is -2.16. The molecule has 13 heteroatoms. The third-order valence-corrected chi connectivity index (χ3v) is 1.76. The maximum absolute atomic E-state index is 10.3. The van der Waals surface area contributed by atoms with Gasteiger partial charge in [0.15, 0.2) is 0 Å². The highest BCUT2D eigenvalue weighted by atomic mass is 35.5. The number of amides is 1. The minimum atomic E-state index is -0.773. The molecule has 1 amide bonds. The summed E-state index contributed by atoms with van der Waals surface area (Å²) in [7, 11) is 7.69. The first-order valence-electron chi connectivity index (χ1n) is 5.92. The van der Waals surface area contributed by atoms with Crippen LogP contribution in [0.15, 0.2) is 0 Å². The molecule has 0 aromatic rings. The molecule has 0 rings (SSSR count). The number of nitrogens with one attached hydrogen (secondary N) is 1. The van der Waals surface area contributed by atoms with E-state index in [-0.39, 0.29) is 6.42 Å². The Morgan fingerprint density at radius 1 is 0.680 bits per heavy atom. The summed E-state index contributed by atoms with van der Waals surface area (Å²) in [5.41, 5.74) is -1.55. The fourth-order valence-electron chi connectivity index (χ4n) is 0.364. The Bertz CT molecular complexity index is 369. The molecule has 0 bridgehead atoms. The van der Waals surface area contributed by atoms with E-state index in [4.69, 9.17) is 0 Å². The molecule has 148 valence electrons. The number of alkyl carbamates (subject to hydrolysis) is 1. The normalized spacial score (nSPS) is 7.36. The highest BCUT2D eigenvalue weighted by molar-refractivity contribution is 6.61. The van der Waals surface area contributed by atoms with Crippen LogP contribution in [0, 0.1) is 0 Å². The number of rotatable bonds is 2. The molecule has 1 N–H and O–H groups in total. The number of carbonyl (C=O) groups excluding carboxylic acids is 5. The van der Waals surface area contributed by atoms with Crippen molar-refractivity contribution in [1.82, 2.24) is 5.32 Å². The van der Waals surface area contributed by atoms with E-state index < -0.39 is 28.9 Å². The minimum absolute atomic E-state index is 0.312. The number of hydrogen-bond donors (Lipinski definition) is 1. The first-order valence-corrected chi connectivity index (χ1v) is 6.67. The highest BCUT2D eigenvalue weighted by Crippen LogP contribution is 1.85. The third-order valence-electron chi connectivity index (χ3n) is 1.45. The second-order valence-corrected chi connectivity index (χ2v) is 3.57. The van der Waals surface area contributed by atoms with Crippen LogP contribution in [0.2, 0.25) is 0 Å². The Morgan fingerprint density at radius 3 is 1.04 bits per heavy atom. The molecule has 0 aliphatic heterocycles. The average molecular weight is 410 g/mol. The number of halogens is 2. The Hall–Kier alpha value is -2.27. The van der Waals surface area contributed by atoms with E-state index in [0.717, 1.165) is 0 Å². The topological polar surface area (TPSA) is 144 Å². The average Bonchev–Trinajstić information content (AvgIpc) is 2.61. The van der Waals surface area contributed by atoms with Crippen LogP contribution in [0.3, 0.4) is 0 Å². The van der Waals surface area contributed by atoms with Gasteiger partial charge in [0, 0.05) is 30.2 Å². The molecule has 0 aromatic carbocycles. The maximum Gasteiger partial charge on any atom is 0.406 e. The van der Waals surface area contributed by atoms with E-state index in [2.05, 4.69) is 52.2 Å². The quantitative estimate of drug-likeness (QED) is 0.309. The summed E-state index contributed by atoms with van der Waals surface area (Å²) in [5, 5.41) is 2.25. The smallest absolute Gasteiger partial charge is 0.406 e. The minimum Gasteiger partial charge on any atom is -0.469 e.